The molecule has 0 N–H and O–H groups in total. The summed E-state index contributed by atoms with van der Waals surface area (Å²) in [5.74, 6) is 0.632. The highest BCUT2D eigenvalue weighted by Crippen LogP contribution is 2.43. The van der Waals surface area contributed by atoms with E-state index in [1.165, 1.54) is 28.6 Å². The minimum Gasteiger partial charge on any atom is -0.464 e. The van der Waals surface area contributed by atoms with Gasteiger partial charge in [0.1, 0.15) is 5.58 Å². The molecule has 0 fully saturated rings. The highest BCUT2D eigenvalue weighted by molar-refractivity contribution is 8.00. The van der Waals surface area contributed by atoms with E-state index in [0.29, 0.717) is 23.5 Å². The summed E-state index contributed by atoms with van der Waals surface area (Å²) in [5.41, 5.74) is 3.63. The molecule has 5 rings (SSSR count). The Morgan fingerprint density at radius 1 is 1.10 bits per heavy atom. The van der Waals surface area contributed by atoms with E-state index in [-0.39, 0.29) is 4.90 Å². The predicted molar refractivity (Wildman–Crippen MR) is 116 cm³/mol. The Balaban J connectivity index is 1.61. The lowest BCUT2D eigenvalue weighted by molar-refractivity contribution is 0.591. The second-order valence-electron chi connectivity index (χ2n) is 6.77. The maximum Gasteiger partial charge on any atom is 0.264 e. The number of fused-ring (bicyclic) bond motifs is 2. The molecular weight excluding hydrogens is 418 g/mol. The summed E-state index contributed by atoms with van der Waals surface area (Å²) in [6.45, 7) is 0.353. The lowest BCUT2D eigenvalue weighted by atomic mass is 10.1. The van der Waals surface area contributed by atoms with Crippen LogP contribution in [0.1, 0.15) is 5.56 Å². The zero-order valence-electron chi connectivity index (χ0n) is 15.6. The normalized spacial score (nSPS) is 13.8. The summed E-state index contributed by atoms with van der Waals surface area (Å²) in [7, 11) is -3.77. The van der Waals surface area contributed by atoms with E-state index in [4.69, 9.17) is 9.68 Å². The van der Waals surface area contributed by atoms with Gasteiger partial charge in [0.2, 0.25) is 0 Å². The van der Waals surface area contributed by atoms with Crippen LogP contribution in [0.5, 0.6) is 0 Å². The fraction of sp³-hybridized carbons (Fsp3) is 0.0909. The summed E-state index contributed by atoms with van der Waals surface area (Å²) in [4.78, 5) is 5.38. The van der Waals surface area contributed by atoms with Crippen molar-refractivity contribution >= 4 is 38.4 Å². The second kappa shape index (κ2) is 7.20. The van der Waals surface area contributed by atoms with Crippen LogP contribution in [0.2, 0.25) is 0 Å². The molecule has 0 spiro atoms. The quantitative estimate of drug-likeness (QED) is 0.467. The van der Waals surface area contributed by atoms with Crippen molar-refractivity contribution in [2.45, 2.75) is 9.79 Å². The first-order valence-corrected chi connectivity index (χ1v) is 11.6. The molecule has 0 saturated heterocycles. The van der Waals surface area contributed by atoms with Crippen molar-refractivity contribution in [3.8, 4) is 17.2 Å². The van der Waals surface area contributed by atoms with Crippen molar-refractivity contribution < 1.29 is 12.8 Å². The monoisotopic (exact) mass is 433 g/mol. The van der Waals surface area contributed by atoms with Crippen molar-refractivity contribution in [1.29, 1.82) is 5.26 Å². The van der Waals surface area contributed by atoms with Crippen LogP contribution in [-0.2, 0) is 10.0 Å². The molecule has 1 aliphatic heterocycles. The highest BCUT2D eigenvalue weighted by atomic mass is 32.2. The van der Waals surface area contributed by atoms with Crippen LogP contribution >= 0.6 is 11.8 Å². The van der Waals surface area contributed by atoms with Crippen LogP contribution in [0.25, 0.3) is 22.1 Å². The topological polar surface area (TPSA) is 87.2 Å². The minimum absolute atomic E-state index is 0.157. The van der Waals surface area contributed by atoms with Gasteiger partial charge in [0, 0.05) is 34.3 Å². The number of thioether (sulfide) groups is 1. The van der Waals surface area contributed by atoms with Gasteiger partial charge in [-0.1, -0.05) is 6.07 Å². The molecule has 0 unspecified atom stereocenters. The number of sulfonamides is 1. The molecule has 2 aromatic heterocycles. The number of nitrogens with zero attached hydrogens (tertiary/aromatic N) is 3. The van der Waals surface area contributed by atoms with Crippen LogP contribution in [-0.4, -0.2) is 25.7 Å². The molecule has 0 atom stereocenters. The summed E-state index contributed by atoms with van der Waals surface area (Å²) in [6.07, 6.45) is 5.02. The molecule has 4 aromatic rings. The van der Waals surface area contributed by atoms with Crippen molar-refractivity contribution in [2.75, 3.05) is 16.6 Å². The maximum absolute atomic E-state index is 13.3. The number of hydrogen-bond donors (Lipinski definition) is 0. The molecule has 0 saturated carbocycles. The third-order valence-corrected chi connectivity index (χ3v) is 7.95. The van der Waals surface area contributed by atoms with E-state index in [1.54, 1.807) is 30.4 Å². The Labute approximate surface area is 177 Å². The molecular formula is C22H15N3O3S2. The van der Waals surface area contributed by atoms with E-state index in [2.05, 4.69) is 4.98 Å². The van der Waals surface area contributed by atoms with Gasteiger partial charge >= 0.3 is 0 Å². The number of rotatable bonds is 3. The lowest BCUT2D eigenvalue weighted by Gasteiger charge is -2.30. The van der Waals surface area contributed by atoms with E-state index in [9.17, 15) is 8.42 Å². The van der Waals surface area contributed by atoms with Crippen molar-refractivity contribution in [3.05, 3.63) is 72.8 Å². The van der Waals surface area contributed by atoms with E-state index in [1.807, 2.05) is 30.3 Å². The fourth-order valence-corrected chi connectivity index (χ4v) is 6.29. The summed E-state index contributed by atoms with van der Waals surface area (Å²) < 4.78 is 33.5. The number of pyridine rings is 1. The number of anilines is 1. The van der Waals surface area contributed by atoms with Crippen LogP contribution < -0.4 is 4.31 Å². The van der Waals surface area contributed by atoms with Gasteiger partial charge in [-0.05, 0) is 48.0 Å². The molecule has 0 bridgehead atoms. The Morgan fingerprint density at radius 2 is 1.93 bits per heavy atom. The second-order valence-corrected chi connectivity index (χ2v) is 9.74. The smallest absolute Gasteiger partial charge is 0.264 e. The summed E-state index contributed by atoms with van der Waals surface area (Å²) >= 11 is 1.63. The van der Waals surface area contributed by atoms with Gasteiger partial charge in [0.05, 0.1) is 34.7 Å². The number of aromatic nitrogens is 1. The minimum atomic E-state index is -3.77. The standard InChI is InChI=1S/C22H15N3O3S2/c23-12-15-1-4-18(5-2-15)30(26,27)25-8-10-29-22-19(13-24-14-20(22)25)16-3-6-21-17(11-16)7-9-28-21/h1-7,9,11,13-14H,8,10H2. The number of benzene rings is 2. The summed E-state index contributed by atoms with van der Waals surface area (Å²) in [5, 5.41) is 9.95. The third-order valence-electron chi connectivity index (χ3n) is 5.02. The first-order chi connectivity index (χ1) is 14.6. The van der Waals surface area contributed by atoms with Crippen molar-refractivity contribution in [1.82, 2.24) is 4.98 Å². The summed E-state index contributed by atoms with van der Waals surface area (Å²) in [6, 6.07) is 15.8. The molecule has 6 nitrogen and oxygen atoms in total. The highest BCUT2D eigenvalue weighted by Gasteiger charge is 2.31. The molecule has 30 heavy (non-hydrogen) atoms. The van der Waals surface area contributed by atoms with Crippen LogP contribution in [0.3, 0.4) is 0 Å². The van der Waals surface area contributed by atoms with Crippen LogP contribution in [0, 0.1) is 11.3 Å². The van der Waals surface area contributed by atoms with E-state index in [0.717, 1.165) is 27.0 Å². The molecule has 1 aliphatic rings. The van der Waals surface area contributed by atoms with Crippen LogP contribution in [0.15, 0.2) is 81.4 Å². The maximum atomic E-state index is 13.3. The molecule has 0 aliphatic carbocycles. The van der Waals surface area contributed by atoms with Gasteiger partial charge in [-0.25, -0.2) is 8.42 Å². The molecule has 0 radical (unpaired) electrons. The first-order valence-electron chi connectivity index (χ1n) is 9.19. The Kier molecular flexibility index (Phi) is 4.50. The molecule has 8 heteroatoms. The largest absolute Gasteiger partial charge is 0.464 e. The van der Waals surface area contributed by atoms with Crippen molar-refractivity contribution in [3.63, 3.8) is 0 Å². The average Bonchev–Trinajstić information content (AvgIpc) is 3.26. The van der Waals surface area contributed by atoms with Gasteiger partial charge in [0.25, 0.3) is 10.0 Å². The SMILES string of the molecule is N#Cc1ccc(S(=O)(=O)N2CCSc3c(-c4ccc5occc5c4)cncc32)cc1. The van der Waals surface area contributed by atoms with Gasteiger partial charge in [-0.3, -0.25) is 9.29 Å². The predicted octanol–water partition coefficient (Wildman–Crippen LogP) is 4.67. The zero-order valence-corrected chi connectivity index (χ0v) is 17.3. The van der Waals surface area contributed by atoms with Gasteiger partial charge in [-0.15, -0.1) is 11.8 Å². The molecule has 2 aromatic carbocycles. The first kappa shape index (κ1) is 18.7. The number of furan rings is 1. The fourth-order valence-electron chi connectivity index (χ4n) is 3.54. The molecule has 3 heterocycles. The Bertz CT molecular complexity index is 1400. The molecule has 0 amide bonds. The number of hydrogen-bond acceptors (Lipinski definition) is 6. The Hall–Kier alpha value is -3.28. The third kappa shape index (κ3) is 3.03. The van der Waals surface area contributed by atoms with Gasteiger partial charge in [-0.2, -0.15) is 5.26 Å². The lowest BCUT2D eigenvalue weighted by Crippen LogP contribution is -2.35. The zero-order chi connectivity index (χ0) is 20.7. The van der Waals surface area contributed by atoms with E-state index >= 15 is 0 Å². The van der Waals surface area contributed by atoms with Gasteiger partial charge < -0.3 is 4.42 Å². The average molecular weight is 434 g/mol. The molecule has 148 valence electrons. The van der Waals surface area contributed by atoms with Gasteiger partial charge in [0.15, 0.2) is 0 Å². The van der Waals surface area contributed by atoms with Crippen molar-refractivity contribution in [2.24, 2.45) is 0 Å². The Morgan fingerprint density at radius 3 is 2.73 bits per heavy atom. The number of nitriles is 1. The van der Waals surface area contributed by atoms with Crippen LogP contribution in [0.4, 0.5) is 5.69 Å². The van der Waals surface area contributed by atoms with E-state index < -0.39 is 10.0 Å².